The second-order valence-electron chi connectivity index (χ2n) is 8.41. The van der Waals surface area contributed by atoms with Crippen molar-refractivity contribution in [3.63, 3.8) is 0 Å². The molecule has 4 rings (SSSR count). The number of aryl methyl sites for hydroxylation is 1. The molecule has 0 radical (unpaired) electrons. The highest BCUT2D eigenvalue weighted by Gasteiger charge is 2.47. The van der Waals surface area contributed by atoms with Crippen LogP contribution in [-0.2, 0) is 23.1 Å². The molecule has 3 aliphatic heterocycles. The fraction of sp³-hybridized carbons (Fsp3) is 0.800. The summed E-state index contributed by atoms with van der Waals surface area (Å²) in [5.74, 6) is 1.07. The number of rotatable bonds is 4. The molecule has 1 aromatic heterocycles. The molecule has 1 aromatic rings. The SMILES string of the molecule is Cn1nccc1CN1CCC[C@@]2(CC1)CCN(CC1CCOCC1)C2=O. The maximum atomic E-state index is 13.2. The van der Waals surface area contributed by atoms with Crippen LogP contribution in [0.3, 0.4) is 0 Å². The number of hydrogen-bond donors (Lipinski definition) is 0. The number of ether oxygens (including phenoxy) is 1. The fourth-order valence-electron chi connectivity index (χ4n) is 4.97. The third kappa shape index (κ3) is 3.67. The van der Waals surface area contributed by atoms with Gasteiger partial charge in [-0.2, -0.15) is 5.10 Å². The zero-order chi connectivity index (χ0) is 18.0. The van der Waals surface area contributed by atoms with Gasteiger partial charge < -0.3 is 9.64 Å². The highest BCUT2D eigenvalue weighted by molar-refractivity contribution is 5.84. The third-order valence-corrected chi connectivity index (χ3v) is 6.76. The Hall–Kier alpha value is -1.40. The van der Waals surface area contributed by atoms with Gasteiger partial charge in [0.15, 0.2) is 0 Å². The molecule has 0 unspecified atom stereocenters. The molecule has 6 heteroatoms. The van der Waals surface area contributed by atoms with Crippen molar-refractivity contribution in [3.8, 4) is 0 Å². The maximum Gasteiger partial charge on any atom is 0.228 e. The Morgan fingerprint density at radius 3 is 2.77 bits per heavy atom. The number of aromatic nitrogens is 2. The zero-order valence-electron chi connectivity index (χ0n) is 16.0. The van der Waals surface area contributed by atoms with Gasteiger partial charge in [0.1, 0.15) is 0 Å². The van der Waals surface area contributed by atoms with Gasteiger partial charge in [-0.25, -0.2) is 0 Å². The van der Waals surface area contributed by atoms with Crippen LogP contribution in [0.2, 0.25) is 0 Å². The van der Waals surface area contributed by atoms with Crippen molar-refractivity contribution in [2.24, 2.45) is 18.4 Å². The molecule has 4 heterocycles. The summed E-state index contributed by atoms with van der Waals surface area (Å²) in [4.78, 5) is 17.9. The van der Waals surface area contributed by atoms with Crippen molar-refractivity contribution < 1.29 is 9.53 Å². The van der Waals surface area contributed by atoms with Gasteiger partial charge >= 0.3 is 0 Å². The molecule has 0 saturated carbocycles. The van der Waals surface area contributed by atoms with Crippen LogP contribution in [0.5, 0.6) is 0 Å². The van der Waals surface area contributed by atoms with Gasteiger partial charge in [-0.05, 0) is 63.6 Å². The van der Waals surface area contributed by atoms with Crippen LogP contribution in [0.4, 0.5) is 0 Å². The first kappa shape index (κ1) is 18.0. The highest BCUT2D eigenvalue weighted by atomic mass is 16.5. The number of amides is 1. The van der Waals surface area contributed by atoms with Crippen molar-refractivity contribution in [2.45, 2.75) is 45.1 Å². The Labute approximate surface area is 156 Å². The summed E-state index contributed by atoms with van der Waals surface area (Å²) in [5, 5.41) is 4.27. The topological polar surface area (TPSA) is 50.6 Å². The second-order valence-corrected chi connectivity index (χ2v) is 8.41. The minimum atomic E-state index is -0.0909. The van der Waals surface area contributed by atoms with Gasteiger partial charge in [-0.3, -0.25) is 14.4 Å². The normalized spacial score (nSPS) is 28.8. The molecule has 1 spiro atoms. The van der Waals surface area contributed by atoms with E-state index in [2.05, 4.69) is 21.0 Å². The standard InChI is InChI=1S/C20H32N4O2/c1-22-18(3-9-21-22)16-23-10-2-6-20(7-11-23)8-12-24(19(20)25)15-17-4-13-26-14-5-17/h3,9,17H,2,4-8,10-16H2,1H3/t20-/m1/s1. The quantitative estimate of drug-likeness (QED) is 0.825. The average molecular weight is 361 g/mol. The van der Waals surface area contributed by atoms with E-state index in [1.54, 1.807) is 0 Å². The van der Waals surface area contributed by atoms with Crippen LogP contribution in [0.1, 0.15) is 44.2 Å². The number of likely N-dealkylation sites (tertiary alicyclic amines) is 2. The summed E-state index contributed by atoms with van der Waals surface area (Å²) in [6.45, 7) is 6.66. The molecule has 6 nitrogen and oxygen atoms in total. The molecule has 1 atom stereocenters. The number of nitrogens with zero attached hydrogens (tertiary/aromatic N) is 4. The first-order valence-corrected chi connectivity index (χ1v) is 10.2. The van der Waals surface area contributed by atoms with E-state index in [1.807, 2.05) is 17.9 Å². The van der Waals surface area contributed by atoms with Crippen molar-refractivity contribution in [2.75, 3.05) is 39.4 Å². The van der Waals surface area contributed by atoms with E-state index in [-0.39, 0.29) is 5.41 Å². The van der Waals surface area contributed by atoms with E-state index >= 15 is 0 Å². The molecule has 0 aliphatic carbocycles. The van der Waals surface area contributed by atoms with Crippen molar-refractivity contribution in [3.05, 3.63) is 18.0 Å². The molecule has 1 amide bonds. The summed E-state index contributed by atoms with van der Waals surface area (Å²) in [7, 11) is 2.00. The molecule has 0 aromatic carbocycles. The van der Waals surface area contributed by atoms with Crippen molar-refractivity contribution in [1.29, 1.82) is 0 Å². The van der Waals surface area contributed by atoms with E-state index in [0.29, 0.717) is 11.8 Å². The van der Waals surface area contributed by atoms with Gasteiger partial charge in [-0.1, -0.05) is 0 Å². The van der Waals surface area contributed by atoms with Gasteiger partial charge in [0.2, 0.25) is 5.91 Å². The second kappa shape index (κ2) is 7.69. The smallest absolute Gasteiger partial charge is 0.228 e. The van der Waals surface area contributed by atoms with Crippen molar-refractivity contribution in [1.82, 2.24) is 19.6 Å². The van der Waals surface area contributed by atoms with Crippen molar-refractivity contribution >= 4 is 5.91 Å². The highest BCUT2D eigenvalue weighted by Crippen LogP contribution is 2.42. The Kier molecular flexibility index (Phi) is 5.32. The lowest BCUT2D eigenvalue weighted by atomic mass is 9.79. The molecular formula is C20H32N4O2. The fourth-order valence-corrected chi connectivity index (χ4v) is 4.97. The lowest BCUT2D eigenvalue weighted by Gasteiger charge is -2.30. The van der Waals surface area contributed by atoms with Crippen LogP contribution in [0, 0.1) is 11.3 Å². The molecule has 26 heavy (non-hydrogen) atoms. The molecule has 0 N–H and O–H groups in total. The molecule has 3 fully saturated rings. The van der Waals surface area contributed by atoms with E-state index in [0.717, 1.165) is 84.5 Å². The van der Waals surface area contributed by atoms with Crippen LogP contribution >= 0.6 is 0 Å². The Morgan fingerprint density at radius 1 is 1.19 bits per heavy atom. The largest absolute Gasteiger partial charge is 0.381 e. The molecule has 3 saturated heterocycles. The van der Waals surface area contributed by atoms with Crippen LogP contribution in [0.15, 0.2) is 12.3 Å². The first-order valence-electron chi connectivity index (χ1n) is 10.2. The van der Waals surface area contributed by atoms with Crippen LogP contribution < -0.4 is 0 Å². The van der Waals surface area contributed by atoms with Crippen LogP contribution in [-0.4, -0.2) is 64.9 Å². The van der Waals surface area contributed by atoms with Crippen LogP contribution in [0.25, 0.3) is 0 Å². The average Bonchev–Trinajstić information content (AvgIpc) is 3.10. The monoisotopic (exact) mass is 360 g/mol. The number of hydrogen-bond acceptors (Lipinski definition) is 4. The van der Waals surface area contributed by atoms with Gasteiger partial charge in [0, 0.05) is 46.1 Å². The molecule has 144 valence electrons. The van der Waals surface area contributed by atoms with E-state index in [9.17, 15) is 4.79 Å². The van der Waals surface area contributed by atoms with E-state index in [4.69, 9.17) is 4.74 Å². The lowest BCUT2D eigenvalue weighted by molar-refractivity contribution is -0.137. The minimum Gasteiger partial charge on any atom is -0.381 e. The Morgan fingerprint density at radius 2 is 2.00 bits per heavy atom. The molecule has 3 aliphatic rings. The minimum absolute atomic E-state index is 0.0909. The third-order valence-electron chi connectivity index (χ3n) is 6.76. The maximum absolute atomic E-state index is 13.2. The lowest BCUT2D eigenvalue weighted by Crippen LogP contribution is -2.39. The Bertz CT molecular complexity index is 625. The summed E-state index contributed by atoms with van der Waals surface area (Å²) in [6.07, 6.45) is 8.31. The summed E-state index contributed by atoms with van der Waals surface area (Å²) in [5.41, 5.74) is 1.16. The summed E-state index contributed by atoms with van der Waals surface area (Å²) >= 11 is 0. The molecular weight excluding hydrogens is 328 g/mol. The van der Waals surface area contributed by atoms with E-state index in [1.165, 1.54) is 5.69 Å². The van der Waals surface area contributed by atoms with Gasteiger partial charge in [0.25, 0.3) is 0 Å². The molecule has 0 bridgehead atoms. The van der Waals surface area contributed by atoms with Gasteiger partial charge in [0.05, 0.1) is 11.1 Å². The predicted octanol–water partition coefficient (Wildman–Crippen LogP) is 2.05. The number of carbonyl (C=O) groups excluding carboxylic acids is 1. The Balaban J connectivity index is 1.35. The van der Waals surface area contributed by atoms with Gasteiger partial charge in [-0.15, -0.1) is 0 Å². The summed E-state index contributed by atoms with van der Waals surface area (Å²) in [6, 6.07) is 2.09. The van der Waals surface area contributed by atoms with E-state index < -0.39 is 0 Å². The predicted molar refractivity (Wildman–Crippen MR) is 99.5 cm³/mol. The first-order chi connectivity index (χ1) is 12.7. The zero-order valence-corrected chi connectivity index (χ0v) is 16.0. The number of carbonyl (C=O) groups is 1. The summed E-state index contributed by atoms with van der Waals surface area (Å²) < 4.78 is 7.42.